The number of aliphatic hydroxyl groups excluding tert-OH is 1. The predicted octanol–water partition coefficient (Wildman–Crippen LogP) is 3.71. The van der Waals surface area contributed by atoms with Gasteiger partial charge in [-0.2, -0.15) is 5.10 Å². The number of piperidine rings is 1. The topological polar surface area (TPSA) is 103 Å². The minimum Gasteiger partial charge on any atom is -0.395 e. The summed E-state index contributed by atoms with van der Waals surface area (Å²) in [5, 5.41) is 17.0. The van der Waals surface area contributed by atoms with E-state index in [-0.39, 0.29) is 6.61 Å². The molecular weight excluding hydrogens is 488 g/mol. The van der Waals surface area contributed by atoms with Crippen LogP contribution in [0.5, 0.6) is 0 Å². The van der Waals surface area contributed by atoms with Crippen molar-refractivity contribution in [1.82, 2.24) is 19.5 Å². The first-order chi connectivity index (χ1) is 17.8. The number of benzene rings is 2. The molecule has 0 unspecified atom stereocenters. The number of β-amino-alcohol motifs (C(OH)–C–C–N with tert-alkyl or cyclic N) is 1. The van der Waals surface area contributed by atoms with Gasteiger partial charge >= 0.3 is 0 Å². The fourth-order valence-electron chi connectivity index (χ4n) is 4.88. The molecule has 2 N–H and O–H groups in total. The first-order valence-electron chi connectivity index (χ1n) is 12.4. The summed E-state index contributed by atoms with van der Waals surface area (Å²) in [7, 11) is -1.85. The molecule has 37 heavy (non-hydrogen) atoms. The second kappa shape index (κ2) is 10.5. The monoisotopic (exact) mass is 520 g/mol. The van der Waals surface area contributed by atoms with Crippen molar-refractivity contribution in [3.05, 3.63) is 72.6 Å². The summed E-state index contributed by atoms with van der Waals surface area (Å²) in [6.45, 7) is 3.02. The molecule has 1 aliphatic heterocycles. The second-order valence-electron chi connectivity index (χ2n) is 9.51. The fraction of sp³-hybridized carbons (Fsp3) is 0.333. The van der Waals surface area contributed by atoms with Crippen molar-refractivity contribution in [3.63, 3.8) is 0 Å². The Bertz CT molecular complexity index is 1480. The molecule has 4 aromatic rings. The zero-order valence-electron chi connectivity index (χ0n) is 21.1. The van der Waals surface area contributed by atoms with E-state index in [4.69, 9.17) is 10.1 Å². The molecule has 0 saturated carbocycles. The van der Waals surface area contributed by atoms with Gasteiger partial charge in [0, 0.05) is 36.6 Å². The number of nitrogens with one attached hydrogen (secondary N) is 1. The number of aliphatic hydroxyl groups is 1. The van der Waals surface area contributed by atoms with Crippen molar-refractivity contribution in [2.75, 3.05) is 49.2 Å². The Morgan fingerprint density at radius 1 is 1.11 bits per heavy atom. The molecule has 1 saturated heterocycles. The van der Waals surface area contributed by atoms with E-state index in [0.717, 1.165) is 49.3 Å². The Labute approximate surface area is 217 Å². The number of rotatable bonds is 8. The van der Waals surface area contributed by atoms with E-state index in [2.05, 4.69) is 39.6 Å². The number of sulfonamides is 1. The van der Waals surface area contributed by atoms with Crippen LogP contribution in [0, 0.1) is 0 Å². The van der Waals surface area contributed by atoms with Crippen molar-refractivity contribution in [2.24, 2.45) is 0 Å². The molecule has 194 valence electrons. The predicted molar refractivity (Wildman–Crippen MR) is 147 cm³/mol. The highest BCUT2D eigenvalue weighted by molar-refractivity contribution is 7.92. The van der Waals surface area contributed by atoms with Gasteiger partial charge in [-0.05, 0) is 61.7 Å². The normalized spacial score (nSPS) is 15.2. The summed E-state index contributed by atoms with van der Waals surface area (Å²) in [5.41, 5.74) is 5.14. The third-order valence-corrected chi connectivity index (χ3v) is 8.22. The molecule has 0 aliphatic carbocycles. The molecule has 0 atom stereocenters. The number of para-hydroxylation sites is 1. The number of fused-ring (bicyclic) bond motifs is 1. The number of hydrogen-bond donors (Lipinski definition) is 2. The van der Waals surface area contributed by atoms with Crippen LogP contribution in [-0.4, -0.2) is 72.6 Å². The zero-order valence-corrected chi connectivity index (χ0v) is 21.9. The van der Waals surface area contributed by atoms with E-state index in [1.807, 2.05) is 30.5 Å². The van der Waals surface area contributed by atoms with Crippen molar-refractivity contribution >= 4 is 32.9 Å². The standard InChI is InChI=1S/C27H32N6O3S/c1-31(37(2,35)36)25-6-4-3-5-24(25)22-17-27-30-26(18-28-33(27)19-22)29-23-9-7-20(8-10-23)21-11-13-32(14-12-21)15-16-34/h3-10,17-19,21,34H,11-16H2,1-2H3,(H,29,30). The maximum Gasteiger partial charge on any atom is 0.232 e. The molecule has 0 amide bonds. The van der Waals surface area contributed by atoms with Crippen molar-refractivity contribution in [2.45, 2.75) is 18.8 Å². The lowest BCUT2D eigenvalue weighted by atomic mass is 9.89. The van der Waals surface area contributed by atoms with Crippen LogP contribution >= 0.6 is 0 Å². The number of likely N-dealkylation sites (tertiary alicyclic amines) is 1. The molecule has 2 aromatic heterocycles. The summed E-state index contributed by atoms with van der Waals surface area (Å²) >= 11 is 0. The summed E-state index contributed by atoms with van der Waals surface area (Å²) in [6, 6.07) is 17.8. The van der Waals surface area contributed by atoms with Crippen molar-refractivity contribution in [3.8, 4) is 11.1 Å². The molecule has 2 aromatic carbocycles. The molecule has 1 aliphatic rings. The quantitative estimate of drug-likeness (QED) is 0.365. The lowest BCUT2D eigenvalue weighted by Crippen LogP contribution is -2.34. The lowest BCUT2D eigenvalue weighted by Gasteiger charge is -2.31. The fourth-order valence-corrected chi connectivity index (χ4v) is 5.40. The molecular formula is C27H32N6O3S. The van der Waals surface area contributed by atoms with Crippen molar-refractivity contribution in [1.29, 1.82) is 0 Å². The first kappa shape index (κ1) is 25.2. The van der Waals surface area contributed by atoms with Crippen LogP contribution in [0.3, 0.4) is 0 Å². The summed E-state index contributed by atoms with van der Waals surface area (Å²) in [5.74, 6) is 1.17. The van der Waals surface area contributed by atoms with Crippen LogP contribution < -0.4 is 9.62 Å². The molecule has 5 rings (SSSR count). The Morgan fingerprint density at radius 2 is 1.84 bits per heavy atom. The maximum absolute atomic E-state index is 12.1. The Hall–Kier alpha value is -3.47. The van der Waals surface area contributed by atoms with Gasteiger partial charge in [0.15, 0.2) is 11.5 Å². The SMILES string of the molecule is CN(c1ccccc1-c1cc2nc(Nc3ccc(C4CCN(CCO)CC4)cc3)cnn2c1)S(C)(=O)=O. The van der Waals surface area contributed by atoms with Crippen LogP contribution in [0.4, 0.5) is 17.2 Å². The molecule has 3 heterocycles. The molecule has 10 heteroatoms. The minimum atomic E-state index is -3.40. The average Bonchev–Trinajstić information content (AvgIpc) is 3.32. The number of anilines is 3. The highest BCUT2D eigenvalue weighted by Gasteiger charge is 2.20. The van der Waals surface area contributed by atoms with Crippen LogP contribution in [0.2, 0.25) is 0 Å². The summed E-state index contributed by atoms with van der Waals surface area (Å²) < 4.78 is 27.2. The Kier molecular flexibility index (Phi) is 7.14. The van der Waals surface area contributed by atoms with Crippen molar-refractivity contribution < 1.29 is 13.5 Å². The molecule has 1 fully saturated rings. The number of nitrogens with zero attached hydrogens (tertiary/aromatic N) is 5. The van der Waals surface area contributed by atoms with Gasteiger partial charge in [0.25, 0.3) is 0 Å². The van der Waals surface area contributed by atoms with Gasteiger partial charge in [-0.25, -0.2) is 17.9 Å². The van der Waals surface area contributed by atoms with E-state index in [0.29, 0.717) is 23.1 Å². The van der Waals surface area contributed by atoms with E-state index in [9.17, 15) is 8.42 Å². The number of aromatic nitrogens is 3. The van der Waals surface area contributed by atoms with Gasteiger partial charge in [-0.3, -0.25) is 4.31 Å². The smallest absolute Gasteiger partial charge is 0.232 e. The molecule has 0 bridgehead atoms. The lowest BCUT2D eigenvalue weighted by molar-refractivity contribution is 0.164. The highest BCUT2D eigenvalue weighted by Crippen LogP contribution is 2.33. The van der Waals surface area contributed by atoms with Gasteiger partial charge in [0.05, 0.1) is 24.7 Å². The third kappa shape index (κ3) is 5.61. The van der Waals surface area contributed by atoms with Gasteiger partial charge < -0.3 is 15.3 Å². The zero-order chi connectivity index (χ0) is 26.0. The van der Waals surface area contributed by atoms with E-state index >= 15 is 0 Å². The Morgan fingerprint density at radius 3 is 2.54 bits per heavy atom. The van der Waals surface area contributed by atoms with Crippen LogP contribution in [-0.2, 0) is 10.0 Å². The van der Waals surface area contributed by atoms with Gasteiger partial charge in [-0.1, -0.05) is 30.3 Å². The molecule has 0 radical (unpaired) electrons. The van der Waals surface area contributed by atoms with Gasteiger partial charge in [0.2, 0.25) is 10.0 Å². The van der Waals surface area contributed by atoms with E-state index in [1.165, 1.54) is 16.1 Å². The number of hydrogen-bond acceptors (Lipinski definition) is 7. The first-order valence-corrected chi connectivity index (χ1v) is 14.3. The van der Waals surface area contributed by atoms with E-state index < -0.39 is 10.0 Å². The van der Waals surface area contributed by atoms with Crippen LogP contribution in [0.1, 0.15) is 24.3 Å². The maximum atomic E-state index is 12.1. The molecule has 0 spiro atoms. The average molecular weight is 521 g/mol. The molecule has 9 nitrogen and oxygen atoms in total. The van der Waals surface area contributed by atoms with Gasteiger partial charge in [0.1, 0.15) is 0 Å². The second-order valence-corrected chi connectivity index (χ2v) is 11.5. The minimum absolute atomic E-state index is 0.220. The third-order valence-electron chi connectivity index (χ3n) is 7.03. The highest BCUT2D eigenvalue weighted by atomic mass is 32.2. The van der Waals surface area contributed by atoms with Crippen LogP contribution in [0.25, 0.3) is 16.8 Å². The largest absolute Gasteiger partial charge is 0.395 e. The van der Waals surface area contributed by atoms with Gasteiger partial charge in [-0.15, -0.1) is 0 Å². The van der Waals surface area contributed by atoms with E-state index in [1.54, 1.807) is 23.8 Å². The Balaban J connectivity index is 1.32. The van der Waals surface area contributed by atoms with Crippen LogP contribution in [0.15, 0.2) is 67.0 Å². The summed E-state index contributed by atoms with van der Waals surface area (Å²) in [4.78, 5) is 7.03. The summed E-state index contributed by atoms with van der Waals surface area (Å²) in [6.07, 6.45) is 6.93.